The van der Waals surface area contributed by atoms with Gasteiger partial charge < -0.3 is 0 Å². The average molecular weight is 389 g/mol. The van der Waals surface area contributed by atoms with Gasteiger partial charge in [0.05, 0.1) is 11.1 Å². The number of hydrogen-bond donors (Lipinski definition) is 0. The smallest absolute Gasteiger partial charge is 0.139 e. The van der Waals surface area contributed by atoms with Gasteiger partial charge in [-0.2, -0.15) is 0 Å². The Kier molecular flexibility index (Phi) is 7.19. The first-order chi connectivity index (χ1) is 14.1. The second-order valence-corrected chi connectivity index (χ2v) is 7.31. The second-order valence-electron chi connectivity index (χ2n) is 7.31. The molecule has 2 heteroatoms. The van der Waals surface area contributed by atoms with Crippen LogP contribution in [-0.2, 0) is 12.8 Å². The SMILES string of the molecule is CCCCc1ccc(-c2ccc(C#Cc3ccc(CCC)cc3F)c(F)c2)cc1. The van der Waals surface area contributed by atoms with Crippen molar-refractivity contribution in [2.45, 2.75) is 46.0 Å². The van der Waals surface area contributed by atoms with Crippen LogP contribution in [0.25, 0.3) is 11.1 Å². The van der Waals surface area contributed by atoms with Crippen LogP contribution in [0, 0.1) is 23.5 Å². The Bertz CT molecular complexity index is 1020. The first kappa shape index (κ1) is 20.8. The highest BCUT2D eigenvalue weighted by Gasteiger charge is 2.05. The van der Waals surface area contributed by atoms with Crippen molar-refractivity contribution in [3.63, 3.8) is 0 Å². The minimum atomic E-state index is -0.395. The van der Waals surface area contributed by atoms with E-state index in [4.69, 9.17) is 0 Å². The van der Waals surface area contributed by atoms with E-state index < -0.39 is 5.82 Å². The molecular weight excluding hydrogens is 362 g/mol. The van der Waals surface area contributed by atoms with E-state index in [1.807, 2.05) is 24.3 Å². The fourth-order valence-electron chi connectivity index (χ4n) is 3.28. The Labute approximate surface area is 172 Å². The van der Waals surface area contributed by atoms with Gasteiger partial charge in [0, 0.05) is 0 Å². The Morgan fingerprint density at radius 1 is 0.621 bits per heavy atom. The van der Waals surface area contributed by atoms with Crippen LogP contribution >= 0.6 is 0 Å². The molecule has 29 heavy (non-hydrogen) atoms. The summed E-state index contributed by atoms with van der Waals surface area (Å²) in [5.41, 5.74) is 4.59. The zero-order valence-corrected chi connectivity index (χ0v) is 17.1. The Morgan fingerprint density at radius 2 is 1.21 bits per heavy atom. The van der Waals surface area contributed by atoms with E-state index in [1.165, 1.54) is 30.5 Å². The highest BCUT2D eigenvalue weighted by atomic mass is 19.1. The van der Waals surface area contributed by atoms with Gasteiger partial charge in [-0.15, -0.1) is 0 Å². The van der Waals surface area contributed by atoms with Crippen molar-refractivity contribution in [3.05, 3.63) is 94.6 Å². The van der Waals surface area contributed by atoms with Crippen molar-refractivity contribution < 1.29 is 8.78 Å². The van der Waals surface area contributed by atoms with E-state index in [0.29, 0.717) is 0 Å². The zero-order chi connectivity index (χ0) is 20.6. The van der Waals surface area contributed by atoms with Crippen LogP contribution < -0.4 is 0 Å². The largest absolute Gasteiger partial charge is 0.206 e. The molecule has 3 aromatic rings. The number of halogens is 2. The lowest BCUT2D eigenvalue weighted by molar-refractivity contribution is 0.621. The highest BCUT2D eigenvalue weighted by molar-refractivity contribution is 5.65. The van der Waals surface area contributed by atoms with Crippen LogP contribution in [0.5, 0.6) is 0 Å². The van der Waals surface area contributed by atoms with Gasteiger partial charge in [-0.3, -0.25) is 0 Å². The van der Waals surface area contributed by atoms with Gasteiger partial charge in [-0.25, -0.2) is 8.78 Å². The number of aryl methyl sites for hydroxylation is 2. The molecule has 0 heterocycles. The fourth-order valence-corrected chi connectivity index (χ4v) is 3.28. The molecule has 0 N–H and O–H groups in total. The van der Waals surface area contributed by atoms with Crippen LogP contribution in [0.2, 0.25) is 0 Å². The molecule has 0 spiro atoms. The maximum absolute atomic E-state index is 14.6. The van der Waals surface area contributed by atoms with Crippen LogP contribution in [0.4, 0.5) is 8.78 Å². The molecule has 0 unspecified atom stereocenters. The van der Waals surface area contributed by atoms with E-state index >= 15 is 0 Å². The summed E-state index contributed by atoms with van der Waals surface area (Å²) >= 11 is 0. The molecule has 0 aliphatic carbocycles. The summed E-state index contributed by atoms with van der Waals surface area (Å²) in [6.45, 7) is 4.23. The molecule has 0 nitrogen and oxygen atoms in total. The summed E-state index contributed by atoms with van der Waals surface area (Å²) in [5.74, 6) is 4.78. The first-order valence-corrected chi connectivity index (χ1v) is 10.3. The van der Waals surface area contributed by atoms with Gasteiger partial charge in [0.2, 0.25) is 0 Å². The van der Waals surface area contributed by atoms with E-state index in [9.17, 15) is 8.78 Å². The predicted octanol–water partition coefficient (Wildman–Crippen LogP) is 7.33. The minimum Gasteiger partial charge on any atom is -0.206 e. The quantitative estimate of drug-likeness (QED) is 0.388. The number of rotatable bonds is 6. The Balaban J connectivity index is 1.78. The third-order valence-electron chi connectivity index (χ3n) is 4.98. The van der Waals surface area contributed by atoms with Gasteiger partial charge >= 0.3 is 0 Å². The molecule has 0 atom stereocenters. The molecule has 0 aliphatic heterocycles. The van der Waals surface area contributed by atoms with Crippen molar-refractivity contribution in [2.24, 2.45) is 0 Å². The predicted molar refractivity (Wildman–Crippen MR) is 117 cm³/mol. The summed E-state index contributed by atoms with van der Waals surface area (Å²) in [4.78, 5) is 0. The molecule has 3 aromatic carbocycles. The lowest BCUT2D eigenvalue weighted by Gasteiger charge is -2.05. The molecule has 0 radical (unpaired) electrons. The van der Waals surface area contributed by atoms with Crippen molar-refractivity contribution in [2.75, 3.05) is 0 Å². The van der Waals surface area contributed by atoms with Gasteiger partial charge in [0.15, 0.2) is 0 Å². The third-order valence-corrected chi connectivity index (χ3v) is 4.98. The normalized spacial score (nSPS) is 10.5. The van der Waals surface area contributed by atoms with Gasteiger partial charge in [-0.05, 0) is 65.8 Å². The van der Waals surface area contributed by atoms with E-state index in [2.05, 4.69) is 37.8 Å². The summed E-state index contributed by atoms with van der Waals surface area (Å²) in [6, 6.07) is 18.3. The van der Waals surface area contributed by atoms with E-state index in [-0.39, 0.29) is 16.9 Å². The van der Waals surface area contributed by atoms with E-state index in [1.54, 1.807) is 12.1 Å². The molecule has 148 valence electrons. The maximum atomic E-state index is 14.6. The van der Waals surface area contributed by atoms with Crippen LogP contribution in [-0.4, -0.2) is 0 Å². The van der Waals surface area contributed by atoms with Crippen molar-refractivity contribution in [1.82, 2.24) is 0 Å². The number of benzene rings is 3. The average Bonchev–Trinajstić information content (AvgIpc) is 2.73. The summed E-state index contributed by atoms with van der Waals surface area (Å²) in [6.07, 6.45) is 5.20. The van der Waals surface area contributed by atoms with Crippen molar-refractivity contribution >= 4 is 0 Å². The lowest BCUT2D eigenvalue weighted by atomic mass is 10.0. The second kappa shape index (κ2) is 10.0. The van der Waals surface area contributed by atoms with Crippen molar-refractivity contribution in [1.29, 1.82) is 0 Å². The standard InChI is InChI=1S/C27H26F2/c1-3-5-7-20-8-11-22(12-9-20)25-17-16-24(27(29)19-25)15-14-23-13-10-21(6-4-2)18-26(23)28/h8-13,16-19H,3-7H2,1-2H3. The Hall–Kier alpha value is -2.92. The maximum Gasteiger partial charge on any atom is 0.139 e. The molecule has 0 saturated heterocycles. The lowest BCUT2D eigenvalue weighted by Crippen LogP contribution is -1.90. The highest BCUT2D eigenvalue weighted by Crippen LogP contribution is 2.23. The third kappa shape index (κ3) is 5.55. The number of unbranched alkanes of at least 4 members (excludes halogenated alkanes) is 1. The van der Waals surface area contributed by atoms with E-state index in [0.717, 1.165) is 36.0 Å². The molecule has 3 rings (SSSR count). The van der Waals surface area contributed by atoms with Crippen molar-refractivity contribution in [3.8, 4) is 23.0 Å². The molecule has 0 fully saturated rings. The van der Waals surface area contributed by atoms with Crippen LogP contribution in [0.3, 0.4) is 0 Å². The first-order valence-electron chi connectivity index (χ1n) is 10.3. The molecule has 0 aromatic heterocycles. The monoisotopic (exact) mass is 388 g/mol. The number of hydrogen-bond acceptors (Lipinski definition) is 0. The molecule has 0 bridgehead atoms. The summed E-state index contributed by atoms with van der Waals surface area (Å²) < 4.78 is 28.7. The fraction of sp³-hybridized carbons (Fsp3) is 0.259. The molecule has 0 aliphatic rings. The zero-order valence-electron chi connectivity index (χ0n) is 17.1. The molecule has 0 saturated carbocycles. The topological polar surface area (TPSA) is 0 Å². The van der Waals surface area contributed by atoms with Gasteiger partial charge in [0.1, 0.15) is 11.6 Å². The minimum absolute atomic E-state index is 0.269. The van der Waals surface area contributed by atoms with Gasteiger partial charge in [-0.1, -0.05) is 74.9 Å². The van der Waals surface area contributed by atoms with Gasteiger partial charge in [0.25, 0.3) is 0 Å². The Morgan fingerprint density at radius 3 is 1.79 bits per heavy atom. The molecule has 0 amide bonds. The summed E-state index contributed by atoms with van der Waals surface area (Å²) in [7, 11) is 0. The van der Waals surface area contributed by atoms with Crippen LogP contribution in [0.15, 0.2) is 60.7 Å². The summed E-state index contributed by atoms with van der Waals surface area (Å²) in [5, 5.41) is 0. The molecular formula is C27H26F2. The van der Waals surface area contributed by atoms with Crippen LogP contribution in [0.1, 0.15) is 55.4 Å².